The molecule has 0 aromatic heterocycles. The van der Waals surface area contributed by atoms with E-state index in [9.17, 15) is 9.59 Å². The van der Waals surface area contributed by atoms with E-state index in [1.807, 2.05) is 30.3 Å². The van der Waals surface area contributed by atoms with Crippen molar-refractivity contribution >= 4 is 12.1 Å². The lowest BCUT2D eigenvalue weighted by molar-refractivity contribution is -0.129. The van der Waals surface area contributed by atoms with Crippen molar-refractivity contribution in [1.29, 1.82) is 0 Å². The second kappa shape index (κ2) is 7.12. The molecule has 3 heteroatoms. The van der Waals surface area contributed by atoms with Gasteiger partial charge >= 0.3 is 0 Å². The molecule has 150 valence electrons. The molecule has 2 fully saturated rings. The third-order valence-corrected chi connectivity index (χ3v) is 7.93. The summed E-state index contributed by atoms with van der Waals surface area (Å²) in [5, 5.41) is 0. The summed E-state index contributed by atoms with van der Waals surface area (Å²) >= 11 is 0. The normalized spacial score (nSPS) is 30.2. The average Bonchev–Trinajstić information content (AvgIpc) is 3.06. The highest BCUT2D eigenvalue weighted by Crippen LogP contribution is 2.59. The third kappa shape index (κ3) is 3.02. The van der Waals surface area contributed by atoms with Crippen LogP contribution in [-0.2, 0) is 17.8 Å². The van der Waals surface area contributed by atoms with Crippen LogP contribution in [0.15, 0.2) is 42.5 Å². The first-order valence-electron chi connectivity index (χ1n) is 10.9. The summed E-state index contributed by atoms with van der Waals surface area (Å²) in [6.45, 7) is 2.67. The van der Waals surface area contributed by atoms with Crippen LogP contribution in [0.1, 0.15) is 72.0 Å². The number of aryl methyl sites for hydroxylation is 1. The molecule has 3 nitrogen and oxygen atoms in total. The zero-order chi connectivity index (χ0) is 20.0. The molecular weight excluding hydrogens is 360 g/mol. The van der Waals surface area contributed by atoms with Crippen molar-refractivity contribution in [2.24, 2.45) is 17.3 Å². The van der Waals surface area contributed by atoms with E-state index >= 15 is 0 Å². The Bertz CT molecular complexity index is 948. The quantitative estimate of drug-likeness (QED) is 0.649. The minimum atomic E-state index is -0.106. The van der Waals surface area contributed by atoms with Gasteiger partial charge in [0.2, 0.25) is 0 Å². The van der Waals surface area contributed by atoms with Crippen molar-refractivity contribution in [3.05, 3.63) is 64.7 Å². The molecule has 0 amide bonds. The third-order valence-electron chi connectivity index (χ3n) is 7.93. The van der Waals surface area contributed by atoms with Crippen molar-refractivity contribution in [1.82, 2.24) is 0 Å². The molecule has 0 heterocycles. The first kappa shape index (κ1) is 18.6. The number of rotatable bonds is 4. The summed E-state index contributed by atoms with van der Waals surface area (Å²) in [4.78, 5) is 24.4. The molecule has 2 aromatic carbocycles. The molecule has 2 saturated carbocycles. The lowest BCUT2D eigenvalue weighted by Crippen LogP contribution is -2.42. The lowest BCUT2D eigenvalue weighted by Gasteiger charge is -2.48. The van der Waals surface area contributed by atoms with Gasteiger partial charge in [-0.25, -0.2) is 0 Å². The SMILES string of the molecule is C[C@]12CC[C@@H]3c4cc(C=O)c(OCc5ccccc5)cc4CC[C@H]3[C@@H]1CCC2=O. The van der Waals surface area contributed by atoms with Gasteiger partial charge in [0.15, 0.2) is 6.29 Å². The first-order chi connectivity index (χ1) is 14.1. The van der Waals surface area contributed by atoms with Crippen LogP contribution in [0.5, 0.6) is 5.75 Å². The predicted molar refractivity (Wildman–Crippen MR) is 112 cm³/mol. The minimum Gasteiger partial charge on any atom is -0.488 e. The van der Waals surface area contributed by atoms with E-state index in [-0.39, 0.29) is 5.41 Å². The van der Waals surface area contributed by atoms with E-state index in [2.05, 4.69) is 19.1 Å². The Morgan fingerprint density at radius 1 is 1.10 bits per heavy atom. The van der Waals surface area contributed by atoms with Gasteiger partial charge in [0, 0.05) is 11.8 Å². The maximum Gasteiger partial charge on any atom is 0.153 e. The number of ether oxygens (including phenoxy) is 1. The van der Waals surface area contributed by atoms with Gasteiger partial charge in [-0.15, -0.1) is 0 Å². The standard InChI is InChI=1S/C26H28O3/c1-26-12-11-20-21(23(26)9-10-25(26)28)8-7-18-14-24(19(15-27)13-22(18)20)29-16-17-5-3-2-4-6-17/h2-6,13-15,20-21,23H,7-12,16H2,1H3/t20-,21+,23-,26-/m0/s1. The Morgan fingerprint density at radius 2 is 1.93 bits per heavy atom. The largest absolute Gasteiger partial charge is 0.488 e. The smallest absolute Gasteiger partial charge is 0.153 e. The molecule has 0 aliphatic heterocycles. The van der Waals surface area contributed by atoms with Crippen molar-refractivity contribution in [2.75, 3.05) is 0 Å². The summed E-state index contributed by atoms with van der Waals surface area (Å²) < 4.78 is 6.04. The Hall–Kier alpha value is -2.42. The number of carbonyl (C=O) groups is 2. The number of Topliss-reactive ketones (excluding diaryl/α,β-unsaturated/α-hetero) is 1. The summed E-state index contributed by atoms with van der Waals surface area (Å²) in [7, 11) is 0. The fourth-order valence-corrected chi connectivity index (χ4v) is 6.34. The monoisotopic (exact) mass is 388 g/mol. The molecule has 0 saturated heterocycles. The lowest BCUT2D eigenvalue weighted by atomic mass is 9.55. The van der Waals surface area contributed by atoms with Gasteiger partial charge in [0.05, 0.1) is 5.56 Å². The topological polar surface area (TPSA) is 43.4 Å². The molecule has 0 radical (unpaired) electrons. The molecule has 3 aliphatic carbocycles. The summed E-state index contributed by atoms with van der Waals surface area (Å²) in [6, 6.07) is 14.2. The Balaban J connectivity index is 1.43. The van der Waals surface area contributed by atoms with Crippen LogP contribution in [0, 0.1) is 17.3 Å². The van der Waals surface area contributed by atoms with E-state index in [4.69, 9.17) is 4.74 Å². The van der Waals surface area contributed by atoms with Crippen LogP contribution in [-0.4, -0.2) is 12.1 Å². The maximum absolute atomic E-state index is 12.5. The number of hydrogen-bond acceptors (Lipinski definition) is 3. The zero-order valence-electron chi connectivity index (χ0n) is 17.0. The van der Waals surface area contributed by atoms with Gasteiger partial charge in [0.1, 0.15) is 18.1 Å². The molecule has 0 N–H and O–H groups in total. The molecule has 0 bridgehead atoms. The Morgan fingerprint density at radius 3 is 2.72 bits per heavy atom. The summed E-state index contributed by atoms with van der Waals surface area (Å²) in [5.74, 6) is 2.73. The highest BCUT2D eigenvalue weighted by molar-refractivity contribution is 5.87. The molecular formula is C26H28O3. The Labute approximate surface area is 172 Å². The van der Waals surface area contributed by atoms with Crippen LogP contribution < -0.4 is 4.74 Å². The van der Waals surface area contributed by atoms with Crippen LogP contribution in [0.25, 0.3) is 0 Å². The first-order valence-corrected chi connectivity index (χ1v) is 10.9. The number of benzene rings is 2. The second-order valence-corrected chi connectivity index (χ2v) is 9.31. The molecule has 2 aromatic rings. The van der Waals surface area contributed by atoms with Gasteiger partial charge in [-0.05, 0) is 78.7 Å². The summed E-state index contributed by atoms with van der Waals surface area (Å²) in [6.07, 6.45) is 6.92. The van der Waals surface area contributed by atoms with Gasteiger partial charge in [-0.1, -0.05) is 37.3 Å². The van der Waals surface area contributed by atoms with Gasteiger partial charge < -0.3 is 4.74 Å². The van der Waals surface area contributed by atoms with Crippen LogP contribution in [0.3, 0.4) is 0 Å². The van der Waals surface area contributed by atoms with E-state index in [1.165, 1.54) is 11.1 Å². The van der Waals surface area contributed by atoms with Crippen molar-refractivity contribution in [3.63, 3.8) is 0 Å². The van der Waals surface area contributed by atoms with Gasteiger partial charge in [-0.2, -0.15) is 0 Å². The second-order valence-electron chi connectivity index (χ2n) is 9.31. The number of carbonyl (C=O) groups excluding carboxylic acids is 2. The average molecular weight is 389 g/mol. The molecule has 3 aliphatic rings. The summed E-state index contributed by atoms with van der Waals surface area (Å²) in [5.41, 5.74) is 4.30. The highest BCUT2D eigenvalue weighted by atomic mass is 16.5. The predicted octanol–water partition coefficient (Wildman–Crippen LogP) is 5.50. The van der Waals surface area contributed by atoms with Crippen molar-refractivity contribution < 1.29 is 14.3 Å². The van der Waals surface area contributed by atoms with Crippen LogP contribution >= 0.6 is 0 Å². The number of aldehydes is 1. The molecule has 4 atom stereocenters. The number of fused-ring (bicyclic) bond motifs is 5. The molecule has 5 rings (SSSR count). The van der Waals surface area contributed by atoms with Crippen molar-refractivity contribution in [2.45, 2.75) is 58.0 Å². The molecule has 29 heavy (non-hydrogen) atoms. The zero-order valence-corrected chi connectivity index (χ0v) is 17.0. The van der Waals surface area contributed by atoms with E-state index in [0.717, 1.165) is 50.4 Å². The minimum absolute atomic E-state index is 0.106. The number of hydrogen-bond donors (Lipinski definition) is 0. The molecule has 0 unspecified atom stereocenters. The number of ketones is 1. The van der Waals surface area contributed by atoms with E-state index in [1.54, 1.807) is 0 Å². The van der Waals surface area contributed by atoms with Crippen LogP contribution in [0.4, 0.5) is 0 Å². The van der Waals surface area contributed by atoms with Gasteiger partial charge in [0.25, 0.3) is 0 Å². The van der Waals surface area contributed by atoms with E-state index in [0.29, 0.717) is 41.5 Å². The Kier molecular flexibility index (Phi) is 4.57. The van der Waals surface area contributed by atoms with E-state index < -0.39 is 0 Å². The maximum atomic E-state index is 12.5. The fourth-order valence-electron chi connectivity index (χ4n) is 6.34. The van der Waals surface area contributed by atoms with Gasteiger partial charge in [-0.3, -0.25) is 9.59 Å². The van der Waals surface area contributed by atoms with Crippen LogP contribution in [0.2, 0.25) is 0 Å². The fraction of sp³-hybridized carbons (Fsp3) is 0.462. The highest BCUT2D eigenvalue weighted by Gasteiger charge is 2.54. The van der Waals surface area contributed by atoms with Crippen molar-refractivity contribution in [3.8, 4) is 5.75 Å². The molecule has 0 spiro atoms.